The normalized spacial score (nSPS) is 20.8. The third-order valence-corrected chi connectivity index (χ3v) is 11.0. The summed E-state index contributed by atoms with van der Waals surface area (Å²) in [6.45, 7) is -0.659. The number of halogens is 4. The lowest BCUT2D eigenvalue weighted by atomic mass is 9.81. The molecule has 3 amide bonds. The predicted octanol–water partition coefficient (Wildman–Crippen LogP) is 6.28. The molecular formula is C30H21Br2Cl2N3O8. The molecule has 1 heterocycles. The summed E-state index contributed by atoms with van der Waals surface area (Å²) in [7, 11) is 0. The highest BCUT2D eigenvalue weighted by molar-refractivity contribution is 9.12. The van der Waals surface area contributed by atoms with Gasteiger partial charge < -0.3 is 4.74 Å². The Morgan fingerprint density at radius 1 is 0.844 bits per heavy atom. The van der Waals surface area contributed by atoms with E-state index in [2.05, 4.69) is 31.9 Å². The van der Waals surface area contributed by atoms with Gasteiger partial charge >= 0.3 is 5.97 Å². The van der Waals surface area contributed by atoms with Crippen LogP contribution in [0.1, 0.15) is 43.9 Å². The van der Waals surface area contributed by atoms with Gasteiger partial charge in [-0.05, 0) is 67.4 Å². The van der Waals surface area contributed by atoms with Gasteiger partial charge in [-0.1, -0.05) is 55.1 Å². The molecule has 1 aliphatic heterocycles. The lowest BCUT2D eigenvalue weighted by molar-refractivity contribution is -0.384. The lowest BCUT2D eigenvalue weighted by Gasteiger charge is -2.30. The second-order valence-electron chi connectivity index (χ2n) is 10.3. The Morgan fingerprint density at radius 2 is 1.38 bits per heavy atom. The SMILES string of the molecule is O=C(CN(C(=O)c1ccc(Cl)c(Cl)c1)N1C(=O)[C@H]2C[C@@H](Br)[C@@H](Br)C[C@H]2C1=O)c1ccc(OC(=O)c2ccc([N+](=O)[O-])cc2)cc1. The fourth-order valence-corrected chi connectivity index (χ4v) is 6.68. The highest BCUT2D eigenvalue weighted by atomic mass is 79.9. The average Bonchev–Trinajstić information content (AvgIpc) is 3.25. The number of amides is 3. The second-order valence-corrected chi connectivity index (χ2v) is 13.5. The van der Waals surface area contributed by atoms with Gasteiger partial charge in [0, 0.05) is 32.9 Å². The average molecular weight is 782 g/mol. The first-order chi connectivity index (χ1) is 21.3. The van der Waals surface area contributed by atoms with Crippen LogP contribution in [0.3, 0.4) is 0 Å². The van der Waals surface area contributed by atoms with E-state index in [-0.39, 0.29) is 47.8 Å². The third kappa shape index (κ3) is 6.81. The summed E-state index contributed by atoms with van der Waals surface area (Å²) in [6.07, 6.45) is 0.731. The number of hydrogen-bond acceptors (Lipinski definition) is 8. The van der Waals surface area contributed by atoms with E-state index in [1.54, 1.807) is 0 Å². The Balaban J connectivity index is 1.37. The summed E-state index contributed by atoms with van der Waals surface area (Å²) >= 11 is 19.2. The number of nitro groups is 1. The molecule has 232 valence electrons. The van der Waals surface area contributed by atoms with E-state index < -0.39 is 52.8 Å². The number of hydrazine groups is 1. The molecule has 45 heavy (non-hydrogen) atoms. The molecule has 0 spiro atoms. The van der Waals surface area contributed by atoms with Crippen molar-refractivity contribution in [2.45, 2.75) is 22.5 Å². The van der Waals surface area contributed by atoms with Crippen molar-refractivity contribution in [1.82, 2.24) is 10.0 Å². The standard InChI is InChI=1S/C30H21Br2Cl2N3O8/c31-22-12-20-21(13-23(22)32)29(41)36(28(20)40)35(27(39)17-5-10-24(33)25(34)11-17)14-26(38)15-3-8-19(9-4-15)45-30(42)16-1-6-18(7-2-16)37(43)44/h1-11,20-23H,12-14H2/t20-,21+,22+,23-. The van der Waals surface area contributed by atoms with Gasteiger partial charge in [-0.3, -0.25) is 29.3 Å². The van der Waals surface area contributed by atoms with Crippen LogP contribution < -0.4 is 4.74 Å². The third-order valence-electron chi connectivity index (χ3n) is 7.52. The molecule has 2 aliphatic rings. The van der Waals surface area contributed by atoms with Crippen LogP contribution in [0.25, 0.3) is 0 Å². The number of carbonyl (C=O) groups is 5. The fraction of sp³-hybridized carbons (Fsp3) is 0.233. The minimum Gasteiger partial charge on any atom is -0.423 e. The number of esters is 1. The van der Waals surface area contributed by atoms with E-state index in [0.29, 0.717) is 12.8 Å². The number of alkyl halides is 2. The van der Waals surface area contributed by atoms with Crippen LogP contribution in [0.2, 0.25) is 10.0 Å². The quantitative estimate of drug-likeness (QED) is 0.0494. The Hall–Kier alpha value is -3.65. The summed E-state index contributed by atoms with van der Waals surface area (Å²) in [4.78, 5) is 77.0. The molecule has 4 atom stereocenters. The molecule has 5 rings (SSSR count). The maximum Gasteiger partial charge on any atom is 0.343 e. The van der Waals surface area contributed by atoms with Crippen molar-refractivity contribution in [3.05, 3.63) is 104 Å². The minimum absolute atomic E-state index is 0.0120. The molecule has 15 heteroatoms. The topological polar surface area (TPSA) is 144 Å². The van der Waals surface area contributed by atoms with E-state index >= 15 is 0 Å². The molecule has 0 unspecified atom stereocenters. The first kappa shape index (κ1) is 32.7. The Kier molecular flexibility index (Phi) is 9.73. The number of carbonyl (C=O) groups excluding carboxylic acids is 5. The molecule has 2 fully saturated rings. The maximum absolute atomic E-state index is 13.8. The van der Waals surface area contributed by atoms with Gasteiger partial charge in [-0.2, -0.15) is 5.01 Å². The number of nitro benzene ring substituents is 1. The highest BCUT2D eigenvalue weighted by Crippen LogP contribution is 2.44. The number of rotatable bonds is 8. The predicted molar refractivity (Wildman–Crippen MR) is 170 cm³/mol. The number of hydrogen-bond donors (Lipinski definition) is 0. The summed E-state index contributed by atoms with van der Waals surface area (Å²) in [5.41, 5.74) is 0.0135. The number of benzene rings is 3. The zero-order valence-corrected chi connectivity index (χ0v) is 27.6. The van der Waals surface area contributed by atoms with E-state index in [1.165, 1.54) is 66.7 Å². The molecular weight excluding hydrogens is 761 g/mol. The van der Waals surface area contributed by atoms with Gasteiger partial charge in [-0.25, -0.2) is 9.80 Å². The van der Waals surface area contributed by atoms with E-state index in [1.807, 2.05) is 0 Å². The number of imide groups is 1. The van der Waals surface area contributed by atoms with Gasteiger partial charge in [-0.15, -0.1) is 0 Å². The van der Waals surface area contributed by atoms with Gasteiger partial charge in [0.1, 0.15) is 12.3 Å². The summed E-state index contributed by atoms with van der Waals surface area (Å²) < 4.78 is 5.30. The Labute approximate surface area is 282 Å². The molecule has 0 aromatic heterocycles. The maximum atomic E-state index is 13.8. The van der Waals surface area contributed by atoms with Crippen LogP contribution in [0.5, 0.6) is 5.75 Å². The van der Waals surface area contributed by atoms with E-state index in [9.17, 15) is 34.1 Å². The van der Waals surface area contributed by atoms with Gasteiger partial charge in [0.05, 0.1) is 32.4 Å². The lowest BCUT2D eigenvalue weighted by Crippen LogP contribution is -2.52. The van der Waals surface area contributed by atoms with Gasteiger partial charge in [0.15, 0.2) is 5.78 Å². The van der Waals surface area contributed by atoms with Crippen molar-refractivity contribution >= 4 is 90.2 Å². The number of Topliss-reactive ketones (excluding diaryl/α,β-unsaturated/α-hetero) is 1. The molecule has 1 saturated carbocycles. The van der Waals surface area contributed by atoms with Crippen molar-refractivity contribution in [2.24, 2.45) is 11.8 Å². The number of fused-ring (bicyclic) bond motifs is 1. The van der Waals surface area contributed by atoms with Crippen molar-refractivity contribution < 1.29 is 33.6 Å². The van der Waals surface area contributed by atoms with Crippen LogP contribution in [-0.2, 0) is 9.59 Å². The Bertz CT molecular complexity index is 1690. The summed E-state index contributed by atoms with van der Waals surface area (Å²) in [5, 5.41) is 12.7. The molecule has 3 aromatic carbocycles. The largest absolute Gasteiger partial charge is 0.423 e. The molecule has 3 aromatic rings. The first-order valence-corrected chi connectivity index (χ1v) is 16.0. The number of nitrogens with zero attached hydrogens (tertiary/aromatic N) is 3. The molecule has 0 radical (unpaired) electrons. The van der Waals surface area contributed by atoms with Crippen LogP contribution in [0.15, 0.2) is 66.7 Å². The van der Waals surface area contributed by atoms with Crippen LogP contribution in [0, 0.1) is 22.0 Å². The van der Waals surface area contributed by atoms with Gasteiger partial charge in [0.25, 0.3) is 23.4 Å². The van der Waals surface area contributed by atoms with Crippen LogP contribution >= 0.6 is 55.1 Å². The zero-order chi connectivity index (χ0) is 32.6. The number of ether oxygens (including phenoxy) is 1. The molecule has 11 nitrogen and oxygen atoms in total. The number of ketones is 1. The first-order valence-electron chi connectivity index (χ1n) is 13.4. The second kappa shape index (κ2) is 13.4. The highest BCUT2D eigenvalue weighted by Gasteiger charge is 2.54. The minimum atomic E-state index is -0.804. The van der Waals surface area contributed by atoms with Crippen LogP contribution in [-0.4, -0.2) is 60.6 Å². The van der Waals surface area contributed by atoms with Crippen molar-refractivity contribution in [3.8, 4) is 5.75 Å². The zero-order valence-electron chi connectivity index (χ0n) is 22.9. The van der Waals surface area contributed by atoms with E-state index in [0.717, 1.165) is 10.0 Å². The molecule has 1 saturated heterocycles. The molecule has 0 N–H and O–H groups in total. The monoisotopic (exact) mass is 779 g/mol. The number of non-ortho nitro benzene ring substituents is 1. The fourth-order valence-electron chi connectivity index (χ4n) is 5.15. The Morgan fingerprint density at radius 3 is 1.91 bits per heavy atom. The summed E-state index contributed by atoms with van der Waals surface area (Å²) in [6, 6.07) is 14.4. The molecule has 1 aliphatic carbocycles. The summed E-state index contributed by atoms with van der Waals surface area (Å²) in [5.74, 6) is -4.59. The molecule has 0 bridgehead atoms. The van der Waals surface area contributed by atoms with Crippen LogP contribution in [0.4, 0.5) is 5.69 Å². The van der Waals surface area contributed by atoms with Crippen molar-refractivity contribution in [3.63, 3.8) is 0 Å². The van der Waals surface area contributed by atoms with Gasteiger partial charge in [0.2, 0.25) is 0 Å². The van der Waals surface area contributed by atoms with E-state index in [4.69, 9.17) is 27.9 Å². The van der Waals surface area contributed by atoms with Crippen molar-refractivity contribution in [2.75, 3.05) is 6.54 Å². The smallest absolute Gasteiger partial charge is 0.343 e. The van der Waals surface area contributed by atoms with Crippen molar-refractivity contribution in [1.29, 1.82) is 0 Å².